The zero-order valence-electron chi connectivity index (χ0n) is 18.0. The number of aliphatic hydroxyl groups is 1. The molecule has 3 heterocycles. The second kappa shape index (κ2) is 9.55. The van der Waals surface area contributed by atoms with Gasteiger partial charge in [-0.3, -0.25) is 15.1 Å². The molecule has 0 saturated carbocycles. The van der Waals surface area contributed by atoms with Crippen molar-refractivity contribution >= 4 is 29.4 Å². The summed E-state index contributed by atoms with van der Waals surface area (Å²) in [5.41, 5.74) is 1.01. The first-order chi connectivity index (χ1) is 14.5. The Hall–Kier alpha value is -0.510. The van der Waals surface area contributed by atoms with Gasteiger partial charge in [-0.15, -0.1) is 23.4 Å². The molecule has 3 fully saturated rings. The van der Waals surface area contributed by atoms with Crippen molar-refractivity contribution in [1.82, 2.24) is 20.4 Å². The second-order valence-electron chi connectivity index (χ2n) is 9.15. The molecule has 3 saturated heterocycles. The van der Waals surface area contributed by atoms with Crippen LogP contribution < -0.4 is 10.6 Å². The highest BCUT2D eigenvalue weighted by Crippen LogP contribution is 2.53. The van der Waals surface area contributed by atoms with E-state index in [1.54, 1.807) is 11.8 Å². The fourth-order valence-electron chi connectivity index (χ4n) is 5.52. The van der Waals surface area contributed by atoms with E-state index in [4.69, 9.17) is 16.3 Å². The van der Waals surface area contributed by atoms with Gasteiger partial charge in [0.15, 0.2) is 0 Å². The molecule has 2 amide bonds. The Bertz CT molecular complexity index is 668. The highest BCUT2D eigenvalue weighted by Gasteiger charge is 2.56. The third kappa shape index (κ3) is 4.50. The Labute approximate surface area is 188 Å². The number of likely N-dealkylation sites (tertiary alicyclic amines) is 2. The third-order valence-corrected chi connectivity index (χ3v) is 8.69. The first-order valence-electron chi connectivity index (χ1n) is 11.2. The van der Waals surface area contributed by atoms with Crippen LogP contribution in [0.2, 0.25) is 0 Å². The van der Waals surface area contributed by atoms with Crippen molar-refractivity contribution in [2.75, 3.05) is 32.5 Å². The molecule has 0 radical (unpaired) electrons. The molecule has 9 heteroatoms. The van der Waals surface area contributed by atoms with E-state index in [9.17, 15) is 9.90 Å². The number of carbonyl (C=O) groups excluding carboxylic acids is 1. The van der Waals surface area contributed by atoms with Gasteiger partial charge in [0.25, 0.3) is 0 Å². The number of thioether (sulfide) groups is 1. The van der Waals surface area contributed by atoms with Crippen LogP contribution in [0.5, 0.6) is 0 Å². The van der Waals surface area contributed by atoms with E-state index in [0.29, 0.717) is 19.1 Å². The van der Waals surface area contributed by atoms with Crippen LogP contribution in [0.15, 0.2) is 11.8 Å². The van der Waals surface area contributed by atoms with Crippen LogP contribution in [0.4, 0.5) is 4.79 Å². The largest absolute Gasteiger partial charge is 0.356 e. The Kier molecular flexibility index (Phi) is 7.22. The molecule has 1 spiro atoms. The van der Waals surface area contributed by atoms with Gasteiger partial charge in [-0.2, -0.15) is 0 Å². The van der Waals surface area contributed by atoms with Crippen LogP contribution in [-0.4, -0.2) is 76.8 Å². The molecule has 6 unspecified atom stereocenters. The normalized spacial score (nSPS) is 37.5. The fraction of sp³-hybridized carbons (Fsp3) is 0.857. The van der Waals surface area contributed by atoms with Gasteiger partial charge in [0.05, 0.1) is 0 Å². The van der Waals surface area contributed by atoms with Crippen LogP contribution in [0.25, 0.3) is 0 Å². The summed E-state index contributed by atoms with van der Waals surface area (Å²) in [6, 6.07) is 0.450. The number of methoxy groups -OCH3 is 1. The maximum Gasteiger partial charge on any atom is 0.323 e. The molecule has 6 atom stereocenters. The number of aliphatic hydroxyl groups excluding tert-OH is 1. The van der Waals surface area contributed by atoms with Crippen LogP contribution in [0.3, 0.4) is 0 Å². The molecular weight excluding hydrogens is 424 g/mol. The summed E-state index contributed by atoms with van der Waals surface area (Å²) in [4.78, 5) is 17.2. The summed E-state index contributed by atoms with van der Waals surface area (Å²) in [6.45, 7) is 4.36. The lowest BCUT2D eigenvalue weighted by Gasteiger charge is -2.33. The molecule has 0 aromatic heterocycles. The summed E-state index contributed by atoms with van der Waals surface area (Å²) >= 11 is 8.31. The summed E-state index contributed by atoms with van der Waals surface area (Å²) in [6.07, 6.45) is 7.44. The number of halogens is 1. The lowest BCUT2D eigenvalue weighted by atomic mass is 9.72. The molecule has 3 aliphatic heterocycles. The zero-order valence-corrected chi connectivity index (χ0v) is 19.6. The zero-order chi connectivity index (χ0) is 21.3. The number of carbonyl (C=O) groups is 1. The molecule has 170 valence electrons. The fourth-order valence-corrected chi connectivity index (χ4v) is 6.95. The number of nitrogens with one attached hydrogen (secondary N) is 2. The monoisotopic (exact) mass is 458 g/mol. The Morgan fingerprint density at radius 3 is 3.13 bits per heavy atom. The number of alkyl halides is 1. The smallest absolute Gasteiger partial charge is 0.323 e. The molecule has 1 aliphatic carbocycles. The quantitative estimate of drug-likeness (QED) is 0.419. The lowest BCUT2D eigenvalue weighted by Crippen LogP contribution is -2.48. The molecule has 0 aromatic carbocycles. The van der Waals surface area contributed by atoms with Crippen molar-refractivity contribution in [2.45, 2.75) is 68.8 Å². The maximum absolute atomic E-state index is 13.3. The van der Waals surface area contributed by atoms with E-state index < -0.39 is 6.41 Å². The van der Waals surface area contributed by atoms with Crippen molar-refractivity contribution in [3.05, 3.63) is 11.8 Å². The average molecular weight is 459 g/mol. The van der Waals surface area contributed by atoms with Crippen molar-refractivity contribution in [3.63, 3.8) is 0 Å². The maximum atomic E-state index is 13.3. The molecule has 0 aromatic rings. The van der Waals surface area contributed by atoms with Gasteiger partial charge in [0.2, 0.25) is 6.41 Å². The summed E-state index contributed by atoms with van der Waals surface area (Å²) in [5, 5.41) is 17.0. The summed E-state index contributed by atoms with van der Waals surface area (Å²) in [5.74, 6) is 1.29. The Balaban J connectivity index is 1.44. The lowest BCUT2D eigenvalue weighted by molar-refractivity contribution is -0.172. The minimum atomic E-state index is -0.894. The van der Waals surface area contributed by atoms with Crippen molar-refractivity contribution in [2.24, 2.45) is 11.3 Å². The molecule has 4 rings (SSSR count). The first kappa shape index (κ1) is 22.7. The van der Waals surface area contributed by atoms with Gasteiger partial charge in [0.1, 0.15) is 5.50 Å². The number of hydrogen-bond acceptors (Lipinski definition) is 6. The number of ether oxygens (including phenoxy) is 1. The topological polar surface area (TPSA) is 77.1 Å². The predicted octanol–water partition coefficient (Wildman–Crippen LogP) is 2.71. The van der Waals surface area contributed by atoms with E-state index in [2.05, 4.69) is 23.6 Å². The standard InChI is InChI=1S/C21H35ClN4O3S/c1-3-4-5-15-11-30-18(23-15)24-19(27)26-13-21(8-9-25(12-21)20(28)29-2)16-10-14(22)6-7-17(16)26/h7,14-16,18,20,23,28H,3-6,8-13H2,1-2H3,(H,24,27). The summed E-state index contributed by atoms with van der Waals surface area (Å²) < 4.78 is 5.13. The number of unbranched alkanes of at least 4 members (excludes halogenated alkanes) is 1. The van der Waals surface area contributed by atoms with E-state index in [0.717, 1.165) is 43.7 Å². The molecule has 4 aliphatic rings. The van der Waals surface area contributed by atoms with Crippen LogP contribution >= 0.6 is 23.4 Å². The van der Waals surface area contributed by atoms with Crippen molar-refractivity contribution < 1.29 is 14.6 Å². The second-order valence-corrected chi connectivity index (χ2v) is 10.9. The Morgan fingerprint density at radius 1 is 1.53 bits per heavy atom. The van der Waals surface area contributed by atoms with Gasteiger partial charge in [-0.25, -0.2) is 4.79 Å². The molecule has 30 heavy (non-hydrogen) atoms. The van der Waals surface area contributed by atoms with Crippen molar-refractivity contribution in [3.8, 4) is 0 Å². The van der Waals surface area contributed by atoms with Crippen LogP contribution in [-0.2, 0) is 4.74 Å². The molecule has 0 bridgehead atoms. The van der Waals surface area contributed by atoms with E-state index >= 15 is 0 Å². The van der Waals surface area contributed by atoms with Crippen LogP contribution in [0.1, 0.15) is 45.4 Å². The van der Waals surface area contributed by atoms with Gasteiger partial charge < -0.3 is 15.2 Å². The number of amides is 2. The number of rotatable bonds is 6. The molecular formula is C21H35ClN4O3S. The minimum absolute atomic E-state index is 0.0250. The Morgan fingerprint density at radius 2 is 2.37 bits per heavy atom. The predicted molar refractivity (Wildman–Crippen MR) is 120 cm³/mol. The summed E-state index contributed by atoms with van der Waals surface area (Å²) in [7, 11) is 1.52. The SMILES string of the molecule is CCCCC1CSC(NC(=O)N2CC3(CCN(C(O)OC)C3)C3CC(Cl)CC=C32)N1. The van der Waals surface area contributed by atoms with Gasteiger partial charge >= 0.3 is 6.03 Å². The van der Waals surface area contributed by atoms with Crippen LogP contribution in [0, 0.1) is 11.3 Å². The molecule has 3 N–H and O–H groups in total. The highest BCUT2D eigenvalue weighted by molar-refractivity contribution is 8.00. The number of nitrogens with zero attached hydrogens (tertiary/aromatic N) is 2. The van der Waals surface area contributed by atoms with Crippen molar-refractivity contribution in [1.29, 1.82) is 0 Å². The number of urea groups is 1. The highest BCUT2D eigenvalue weighted by atomic mass is 35.5. The number of hydrogen-bond donors (Lipinski definition) is 3. The van der Waals surface area contributed by atoms with Gasteiger partial charge in [-0.1, -0.05) is 25.8 Å². The van der Waals surface area contributed by atoms with Gasteiger partial charge in [0, 0.05) is 60.9 Å². The number of fused-ring (bicyclic) bond motifs is 2. The first-order valence-corrected chi connectivity index (χ1v) is 12.7. The van der Waals surface area contributed by atoms with E-state index in [1.165, 1.54) is 20.0 Å². The van der Waals surface area contributed by atoms with E-state index in [-0.39, 0.29) is 28.2 Å². The van der Waals surface area contributed by atoms with Gasteiger partial charge in [-0.05, 0) is 25.7 Å². The molecule has 7 nitrogen and oxygen atoms in total. The number of allylic oxidation sites excluding steroid dienone is 2. The average Bonchev–Trinajstić information content (AvgIpc) is 3.45. The minimum Gasteiger partial charge on any atom is -0.356 e. The van der Waals surface area contributed by atoms with E-state index in [1.807, 2.05) is 9.80 Å². The third-order valence-electron chi connectivity index (χ3n) is 7.15.